The molecule has 2 rings (SSSR count). The second-order valence-electron chi connectivity index (χ2n) is 4.02. The quantitative estimate of drug-likeness (QED) is 0.673. The maximum Gasteiger partial charge on any atom is 0.298 e. The second-order valence-corrected chi connectivity index (χ2v) is 4.02. The minimum absolute atomic E-state index is 0.439. The van der Waals surface area contributed by atoms with E-state index in [0.29, 0.717) is 12.2 Å². The molecule has 106 valence electrons. The van der Waals surface area contributed by atoms with Crippen LogP contribution in [0.25, 0.3) is 5.69 Å². The van der Waals surface area contributed by atoms with E-state index < -0.39 is 27.9 Å². The minimum Gasteiger partial charge on any atom is -0.311 e. The summed E-state index contributed by atoms with van der Waals surface area (Å²) in [6.07, 6.45) is 1.36. The zero-order valence-electron chi connectivity index (χ0n) is 10.6. The molecule has 0 saturated carbocycles. The summed E-state index contributed by atoms with van der Waals surface area (Å²) in [7, 11) is 0. The number of nitrogens with zero attached hydrogens (tertiary/aromatic N) is 3. The fraction of sp³-hybridized carbons (Fsp3) is 0.250. The monoisotopic (exact) mass is 282 g/mol. The van der Waals surface area contributed by atoms with Gasteiger partial charge >= 0.3 is 0 Å². The van der Waals surface area contributed by atoms with Crippen molar-refractivity contribution in [3.63, 3.8) is 0 Å². The Kier molecular flexibility index (Phi) is 4.04. The molecule has 0 radical (unpaired) electrons. The Labute approximate surface area is 113 Å². The second kappa shape index (κ2) is 5.74. The van der Waals surface area contributed by atoms with Gasteiger partial charge in [0.15, 0.2) is 17.3 Å². The molecule has 1 aromatic carbocycles. The van der Waals surface area contributed by atoms with E-state index in [0.717, 1.165) is 23.4 Å². The molecule has 1 aromatic heterocycles. The zero-order valence-corrected chi connectivity index (χ0v) is 10.6. The molecule has 0 bridgehead atoms. The van der Waals surface area contributed by atoms with Gasteiger partial charge in [-0.15, -0.1) is 0 Å². The third-order valence-corrected chi connectivity index (χ3v) is 2.67. The van der Waals surface area contributed by atoms with Crippen molar-refractivity contribution in [2.45, 2.75) is 13.5 Å². The summed E-state index contributed by atoms with van der Waals surface area (Å²) in [6, 6.07) is 3.22. The molecular formula is C12H12F2N4O2. The lowest BCUT2D eigenvalue weighted by atomic mass is 10.2. The highest BCUT2D eigenvalue weighted by molar-refractivity contribution is 5.53. The normalized spacial score (nSPS) is 10.8. The van der Waals surface area contributed by atoms with Crippen LogP contribution < -0.4 is 5.32 Å². The van der Waals surface area contributed by atoms with Crippen molar-refractivity contribution in [2.75, 3.05) is 6.54 Å². The van der Waals surface area contributed by atoms with E-state index in [1.54, 1.807) is 6.07 Å². The van der Waals surface area contributed by atoms with Crippen LogP contribution in [0.4, 0.5) is 14.5 Å². The Morgan fingerprint density at radius 3 is 2.80 bits per heavy atom. The Hall–Kier alpha value is -2.35. The lowest BCUT2D eigenvalue weighted by molar-refractivity contribution is -0.384. The van der Waals surface area contributed by atoms with Crippen LogP contribution in [-0.4, -0.2) is 21.2 Å². The number of hydrogen-bond donors (Lipinski definition) is 1. The molecule has 6 nitrogen and oxygen atoms in total. The van der Waals surface area contributed by atoms with Crippen molar-refractivity contribution in [1.29, 1.82) is 0 Å². The summed E-state index contributed by atoms with van der Waals surface area (Å²) >= 11 is 0. The van der Waals surface area contributed by atoms with E-state index in [-0.39, 0.29) is 0 Å². The third-order valence-electron chi connectivity index (χ3n) is 2.67. The fourth-order valence-corrected chi connectivity index (χ4v) is 1.73. The van der Waals surface area contributed by atoms with Crippen molar-refractivity contribution in [1.82, 2.24) is 15.1 Å². The van der Waals surface area contributed by atoms with E-state index in [1.165, 1.54) is 6.20 Å². The number of aromatic nitrogens is 2. The van der Waals surface area contributed by atoms with Gasteiger partial charge in [0.2, 0.25) is 0 Å². The lowest BCUT2D eigenvalue weighted by Crippen LogP contribution is -2.13. The highest BCUT2D eigenvalue weighted by Gasteiger charge is 2.23. The van der Waals surface area contributed by atoms with Crippen LogP contribution in [0.5, 0.6) is 0 Å². The van der Waals surface area contributed by atoms with Gasteiger partial charge in [0.25, 0.3) is 5.69 Å². The number of hydrogen-bond acceptors (Lipinski definition) is 4. The number of halogens is 2. The average molecular weight is 282 g/mol. The largest absolute Gasteiger partial charge is 0.311 e. The Morgan fingerprint density at radius 2 is 2.15 bits per heavy atom. The SMILES string of the molecule is CCNCc1ccn(-c2c([N+](=O)[O-])ccc(F)c2F)n1. The summed E-state index contributed by atoms with van der Waals surface area (Å²) in [5.41, 5.74) is -0.468. The van der Waals surface area contributed by atoms with E-state index in [4.69, 9.17) is 0 Å². The maximum atomic E-state index is 13.8. The van der Waals surface area contributed by atoms with Crippen LogP contribution in [0.1, 0.15) is 12.6 Å². The van der Waals surface area contributed by atoms with Gasteiger partial charge in [0.1, 0.15) is 0 Å². The van der Waals surface area contributed by atoms with Crippen LogP contribution in [0.15, 0.2) is 24.4 Å². The lowest BCUT2D eigenvalue weighted by Gasteiger charge is -2.05. The van der Waals surface area contributed by atoms with Crippen molar-refractivity contribution in [2.24, 2.45) is 0 Å². The molecule has 0 aliphatic rings. The van der Waals surface area contributed by atoms with E-state index >= 15 is 0 Å². The predicted molar refractivity (Wildman–Crippen MR) is 67.5 cm³/mol. The molecule has 2 aromatic rings. The molecule has 0 aliphatic carbocycles. The molecule has 1 heterocycles. The number of benzene rings is 1. The molecule has 0 unspecified atom stereocenters. The third kappa shape index (κ3) is 2.64. The Morgan fingerprint density at radius 1 is 1.40 bits per heavy atom. The first-order valence-electron chi connectivity index (χ1n) is 5.92. The molecule has 0 amide bonds. The van der Waals surface area contributed by atoms with Crippen LogP contribution in [0.3, 0.4) is 0 Å². The molecule has 0 aliphatic heterocycles. The van der Waals surface area contributed by atoms with Gasteiger partial charge in [0.05, 0.1) is 10.6 Å². The van der Waals surface area contributed by atoms with Crippen LogP contribution >= 0.6 is 0 Å². The van der Waals surface area contributed by atoms with Gasteiger partial charge in [-0.1, -0.05) is 6.92 Å². The average Bonchev–Trinajstić information content (AvgIpc) is 2.87. The standard InChI is InChI=1S/C12H12F2N4O2/c1-2-15-7-8-5-6-17(16-8)12-10(18(19)20)4-3-9(13)11(12)14/h3-6,15H,2,7H2,1H3. The predicted octanol–water partition coefficient (Wildman–Crippen LogP) is 2.17. The molecule has 1 N–H and O–H groups in total. The van der Waals surface area contributed by atoms with Gasteiger partial charge in [-0.25, -0.2) is 13.5 Å². The van der Waals surface area contributed by atoms with Gasteiger partial charge < -0.3 is 5.32 Å². The van der Waals surface area contributed by atoms with Crippen molar-refractivity contribution >= 4 is 5.69 Å². The summed E-state index contributed by atoms with van der Waals surface area (Å²) in [6.45, 7) is 3.07. The molecule has 8 heteroatoms. The van der Waals surface area contributed by atoms with Crippen LogP contribution in [0.2, 0.25) is 0 Å². The van der Waals surface area contributed by atoms with Crippen molar-refractivity contribution in [3.05, 3.63) is 51.8 Å². The smallest absolute Gasteiger partial charge is 0.298 e. The van der Waals surface area contributed by atoms with Crippen molar-refractivity contribution < 1.29 is 13.7 Å². The first-order valence-corrected chi connectivity index (χ1v) is 5.92. The van der Waals surface area contributed by atoms with Gasteiger partial charge in [-0.3, -0.25) is 10.1 Å². The van der Waals surface area contributed by atoms with E-state index in [9.17, 15) is 18.9 Å². The summed E-state index contributed by atoms with van der Waals surface area (Å²) in [4.78, 5) is 10.1. The highest BCUT2D eigenvalue weighted by atomic mass is 19.2. The van der Waals surface area contributed by atoms with Gasteiger partial charge in [-0.2, -0.15) is 5.10 Å². The summed E-state index contributed by atoms with van der Waals surface area (Å²) < 4.78 is 28.1. The number of nitrogens with one attached hydrogen (secondary N) is 1. The first kappa shape index (κ1) is 14.1. The summed E-state index contributed by atoms with van der Waals surface area (Å²) in [5.74, 6) is -2.45. The fourth-order valence-electron chi connectivity index (χ4n) is 1.73. The van der Waals surface area contributed by atoms with Gasteiger partial charge in [0, 0.05) is 18.8 Å². The van der Waals surface area contributed by atoms with E-state index in [1.807, 2.05) is 6.92 Å². The Bertz CT molecular complexity index is 642. The van der Waals surface area contributed by atoms with Crippen LogP contribution in [0, 0.1) is 21.7 Å². The van der Waals surface area contributed by atoms with Gasteiger partial charge in [-0.05, 0) is 18.7 Å². The summed E-state index contributed by atoms with van der Waals surface area (Å²) in [5, 5.41) is 17.9. The molecule has 20 heavy (non-hydrogen) atoms. The number of rotatable bonds is 5. The molecule has 0 saturated heterocycles. The topological polar surface area (TPSA) is 73.0 Å². The van der Waals surface area contributed by atoms with Crippen LogP contribution in [-0.2, 0) is 6.54 Å². The minimum atomic E-state index is -1.29. The zero-order chi connectivity index (χ0) is 14.7. The van der Waals surface area contributed by atoms with Crippen molar-refractivity contribution in [3.8, 4) is 5.69 Å². The Balaban J connectivity index is 2.48. The first-order chi connectivity index (χ1) is 9.54. The molecule has 0 fully saturated rings. The number of nitro groups is 1. The maximum absolute atomic E-state index is 13.8. The number of nitro benzene ring substituents is 1. The highest BCUT2D eigenvalue weighted by Crippen LogP contribution is 2.27. The molecule has 0 atom stereocenters. The van der Waals surface area contributed by atoms with E-state index in [2.05, 4.69) is 10.4 Å². The molecular weight excluding hydrogens is 270 g/mol. The molecule has 0 spiro atoms.